The molecule has 0 amide bonds. The molecule has 1 aromatic rings. The van der Waals surface area contributed by atoms with E-state index in [0.717, 1.165) is 17.4 Å². The Balaban J connectivity index is 2.77. The molecule has 0 saturated carbocycles. The van der Waals surface area contributed by atoms with Crippen molar-refractivity contribution in [2.45, 2.75) is 6.54 Å². The lowest BCUT2D eigenvalue weighted by Crippen LogP contribution is -1.94. The summed E-state index contributed by atoms with van der Waals surface area (Å²) in [5.41, 5.74) is 7.53. The zero-order valence-corrected chi connectivity index (χ0v) is 6.73. The number of nitrogens with two attached hydrogens (primary N) is 1. The second-order valence-electron chi connectivity index (χ2n) is 2.44. The number of benzene rings is 1. The molecule has 12 heavy (non-hydrogen) atoms. The molecule has 0 heterocycles. The Hall–Kier alpha value is -1.41. The van der Waals surface area contributed by atoms with Crippen LogP contribution in [0.5, 0.6) is 0 Å². The average Bonchev–Trinajstić information content (AvgIpc) is 2.15. The van der Waals surface area contributed by atoms with Gasteiger partial charge in [-0.2, -0.15) is 0 Å². The summed E-state index contributed by atoms with van der Waals surface area (Å²) in [5, 5.41) is 0. The van der Waals surface area contributed by atoms with Crippen LogP contribution < -0.4 is 5.73 Å². The van der Waals surface area contributed by atoms with Crippen molar-refractivity contribution >= 4 is 12.4 Å². The van der Waals surface area contributed by atoms with Crippen molar-refractivity contribution in [2.75, 3.05) is 0 Å². The van der Waals surface area contributed by atoms with Crippen LogP contribution in [-0.4, -0.2) is 6.29 Å². The highest BCUT2D eigenvalue weighted by molar-refractivity contribution is 5.73. The third-order valence-corrected chi connectivity index (χ3v) is 1.58. The Labute approximate surface area is 71.7 Å². The van der Waals surface area contributed by atoms with Crippen molar-refractivity contribution in [3.05, 3.63) is 41.5 Å². The lowest BCUT2D eigenvalue weighted by molar-refractivity contribution is -0.104. The van der Waals surface area contributed by atoms with Gasteiger partial charge in [-0.25, -0.2) is 0 Å². The number of allylic oxidation sites excluding steroid dienone is 1. The van der Waals surface area contributed by atoms with Gasteiger partial charge in [0.2, 0.25) is 0 Å². The van der Waals surface area contributed by atoms with Crippen molar-refractivity contribution in [3.8, 4) is 0 Å². The quantitative estimate of drug-likeness (QED) is 0.537. The first-order valence-electron chi connectivity index (χ1n) is 3.77. The number of aldehydes is 1. The molecule has 0 aromatic heterocycles. The summed E-state index contributed by atoms with van der Waals surface area (Å²) in [7, 11) is 0. The molecule has 0 aliphatic rings. The van der Waals surface area contributed by atoms with Gasteiger partial charge in [0.05, 0.1) is 0 Å². The maximum absolute atomic E-state index is 9.99. The van der Waals surface area contributed by atoms with E-state index >= 15 is 0 Å². The van der Waals surface area contributed by atoms with Gasteiger partial charge in [0, 0.05) is 6.54 Å². The Morgan fingerprint density at radius 3 is 2.42 bits per heavy atom. The van der Waals surface area contributed by atoms with Gasteiger partial charge in [0.25, 0.3) is 0 Å². The van der Waals surface area contributed by atoms with Crippen molar-refractivity contribution in [3.63, 3.8) is 0 Å². The highest BCUT2D eigenvalue weighted by Gasteiger charge is 1.87. The highest BCUT2D eigenvalue weighted by Crippen LogP contribution is 2.04. The van der Waals surface area contributed by atoms with Crippen LogP contribution in [0.3, 0.4) is 0 Å². The summed E-state index contributed by atoms with van der Waals surface area (Å²) in [6.45, 7) is 0.553. The van der Waals surface area contributed by atoms with E-state index in [4.69, 9.17) is 5.73 Å². The SMILES string of the molecule is NCc1ccc(C=CC=O)cc1. The summed E-state index contributed by atoms with van der Waals surface area (Å²) in [4.78, 5) is 9.99. The molecule has 2 heteroatoms. The van der Waals surface area contributed by atoms with Crippen LogP contribution in [0.2, 0.25) is 0 Å². The molecule has 0 aliphatic heterocycles. The molecule has 0 fully saturated rings. The fourth-order valence-corrected chi connectivity index (χ4v) is 0.915. The zero-order chi connectivity index (χ0) is 8.81. The topological polar surface area (TPSA) is 43.1 Å². The van der Waals surface area contributed by atoms with E-state index in [1.165, 1.54) is 6.08 Å². The molecule has 62 valence electrons. The maximum Gasteiger partial charge on any atom is 0.142 e. The van der Waals surface area contributed by atoms with Gasteiger partial charge in [-0.3, -0.25) is 4.79 Å². The fraction of sp³-hybridized carbons (Fsp3) is 0.100. The Kier molecular flexibility index (Phi) is 3.23. The van der Waals surface area contributed by atoms with Crippen LogP contribution in [0.15, 0.2) is 30.3 Å². The standard InChI is InChI=1S/C10H11NO/c11-8-10-5-3-9(4-6-10)2-1-7-12/h1-7H,8,11H2. The van der Waals surface area contributed by atoms with Crippen molar-refractivity contribution in [1.82, 2.24) is 0 Å². The molecule has 0 bridgehead atoms. The molecule has 2 nitrogen and oxygen atoms in total. The third-order valence-electron chi connectivity index (χ3n) is 1.58. The van der Waals surface area contributed by atoms with E-state index in [9.17, 15) is 4.79 Å². The Bertz CT molecular complexity index is 274. The minimum absolute atomic E-state index is 0.553. The largest absolute Gasteiger partial charge is 0.326 e. The lowest BCUT2D eigenvalue weighted by atomic mass is 10.1. The van der Waals surface area contributed by atoms with E-state index in [0.29, 0.717) is 6.54 Å². The van der Waals surface area contributed by atoms with Crippen molar-refractivity contribution < 1.29 is 4.79 Å². The van der Waals surface area contributed by atoms with Crippen molar-refractivity contribution in [2.24, 2.45) is 5.73 Å². The Morgan fingerprint density at radius 1 is 1.25 bits per heavy atom. The zero-order valence-electron chi connectivity index (χ0n) is 6.73. The van der Waals surface area contributed by atoms with Crippen LogP contribution in [-0.2, 0) is 11.3 Å². The predicted molar refractivity (Wildman–Crippen MR) is 49.4 cm³/mol. The number of carbonyl (C=O) groups excluding carboxylic acids is 1. The van der Waals surface area contributed by atoms with Gasteiger partial charge < -0.3 is 5.73 Å². The van der Waals surface area contributed by atoms with Gasteiger partial charge in [0.1, 0.15) is 6.29 Å². The Morgan fingerprint density at radius 2 is 1.92 bits per heavy atom. The van der Waals surface area contributed by atoms with Crippen molar-refractivity contribution in [1.29, 1.82) is 0 Å². The predicted octanol–water partition coefficient (Wildman–Crippen LogP) is 1.36. The van der Waals surface area contributed by atoms with Gasteiger partial charge in [-0.1, -0.05) is 30.3 Å². The monoisotopic (exact) mass is 161 g/mol. The summed E-state index contributed by atoms with van der Waals surface area (Å²) in [6, 6.07) is 7.76. The first kappa shape index (κ1) is 8.68. The van der Waals surface area contributed by atoms with Gasteiger partial charge in [-0.05, 0) is 17.2 Å². The molecular formula is C10H11NO. The normalized spacial score (nSPS) is 10.4. The molecule has 1 rings (SSSR count). The van der Waals surface area contributed by atoms with Crippen LogP contribution in [0.4, 0.5) is 0 Å². The van der Waals surface area contributed by atoms with E-state index in [2.05, 4.69) is 0 Å². The van der Waals surface area contributed by atoms with E-state index in [1.54, 1.807) is 6.08 Å². The van der Waals surface area contributed by atoms with Gasteiger partial charge in [-0.15, -0.1) is 0 Å². The molecule has 0 radical (unpaired) electrons. The first-order valence-corrected chi connectivity index (χ1v) is 3.77. The molecule has 2 N–H and O–H groups in total. The molecular weight excluding hydrogens is 150 g/mol. The van der Waals surface area contributed by atoms with Gasteiger partial charge >= 0.3 is 0 Å². The van der Waals surface area contributed by atoms with Gasteiger partial charge in [0.15, 0.2) is 0 Å². The van der Waals surface area contributed by atoms with Crippen LogP contribution >= 0.6 is 0 Å². The van der Waals surface area contributed by atoms with Crippen LogP contribution in [0.25, 0.3) is 6.08 Å². The lowest BCUT2D eigenvalue weighted by Gasteiger charge is -1.95. The molecule has 0 unspecified atom stereocenters. The number of carbonyl (C=O) groups is 1. The molecule has 0 saturated heterocycles. The summed E-state index contributed by atoms with van der Waals surface area (Å²) in [6.07, 6.45) is 3.99. The number of hydrogen-bond acceptors (Lipinski definition) is 2. The van der Waals surface area contributed by atoms with E-state index in [-0.39, 0.29) is 0 Å². The second-order valence-corrected chi connectivity index (χ2v) is 2.44. The van der Waals surface area contributed by atoms with E-state index < -0.39 is 0 Å². The second kappa shape index (κ2) is 4.46. The first-order chi connectivity index (χ1) is 5.86. The molecule has 1 aromatic carbocycles. The average molecular weight is 161 g/mol. The smallest absolute Gasteiger partial charge is 0.142 e. The third kappa shape index (κ3) is 2.32. The van der Waals surface area contributed by atoms with E-state index in [1.807, 2.05) is 24.3 Å². The minimum atomic E-state index is 0.553. The summed E-state index contributed by atoms with van der Waals surface area (Å²) >= 11 is 0. The summed E-state index contributed by atoms with van der Waals surface area (Å²) in [5.74, 6) is 0. The molecule has 0 spiro atoms. The summed E-state index contributed by atoms with van der Waals surface area (Å²) < 4.78 is 0. The fourth-order valence-electron chi connectivity index (χ4n) is 0.915. The number of hydrogen-bond donors (Lipinski definition) is 1. The molecule has 0 atom stereocenters. The van der Waals surface area contributed by atoms with Crippen LogP contribution in [0, 0.1) is 0 Å². The van der Waals surface area contributed by atoms with Crippen LogP contribution in [0.1, 0.15) is 11.1 Å². The molecule has 0 aliphatic carbocycles. The minimum Gasteiger partial charge on any atom is -0.326 e. The maximum atomic E-state index is 9.99. The highest BCUT2D eigenvalue weighted by atomic mass is 16.1. The number of rotatable bonds is 3.